The van der Waals surface area contributed by atoms with Gasteiger partial charge in [-0.3, -0.25) is 0 Å². The van der Waals surface area contributed by atoms with E-state index in [0.29, 0.717) is 16.9 Å². The molecule has 6 heteroatoms. The molecule has 0 aliphatic heterocycles. The summed E-state index contributed by atoms with van der Waals surface area (Å²) in [5.41, 5.74) is 5.68. The molecule has 1 aromatic rings. The van der Waals surface area contributed by atoms with Crippen LogP contribution in [0.3, 0.4) is 0 Å². The quantitative estimate of drug-likeness (QED) is 0.754. The van der Waals surface area contributed by atoms with Gasteiger partial charge in [-0.05, 0) is 25.7 Å². The minimum absolute atomic E-state index is 0.220. The summed E-state index contributed by atoms with van der Waals surface area (Å²) in [7, 11) is 0. The minimum Gasteiger partial charge on any atom is -0.396 e. The van der Waals surface area contributed by atoms with Gasteiger partial charge < -0.3 is 15.7 Å². The lowest BCUT2D eigenvalue weighted by Crippen LogP contribution is -2.28. The number of rotatable bonds is 6. The molecule has 3 N–H and O–H groups in total. The Morgan fingerprint density at radius 1 is 1.41 bits per heavy atom. The van der Waals surface area contributed by atoms with E-state index in [9.17, 15) is 0 Å². The van der Waals surface area contributed by atoms with Gasteiger partial charge in [-0.15, -0.1) is 0 Å². The van der Waals surface area contributed by atoms with Crippen LogP contribution < -0.4 is 10.6 Å². The number of nitrogens with two attached hydrogens (primary N) is 1. The number of aromatic nitrogens is 2. The maximum absolute atomic E-state index is 8.81. The number of aliphatic hydroxyl groups excluding tert-OH is 1. The van der Waals surface area contributed by atoms with E-state index in [2.05, 4.69) is 14.9 Å². The summed E-state index contributed by atoms with van der Waals surface area (Å²) in [6.45, 7) is 1.07. The van der Waals surface area contributed by atoms with Gasteiger partial charge in [0, 0.05) is 19.2 Å². The van der Waals surface area contributed by atoms with Gasteiger partial charge in [0.15, 0.2) is 5.82 Å². The van der Waals surface area contributed by atoms with E-state index in [0.717, 1.165) is 25.2 Å². The van der Waals surface area contributed by atoms with Crippen LogP contribution in [0.1, 0.15) is 25.7 Å². The van der Waals surface area contributed by atoms with Crippen molar-refractivity contribution in [2.45, 2.75) is 31.7 Å². The van der Waals surface area contributed by atoms with Gasteiger partial charge in [-0.25, -0.2) is 9.97 Å². The molecule has 2 rings (SSSR count). The van der Waals surface area contributed by atoms with E-state index in [1.54, 1.807) is 0 Å². The van der Waals surface area contributed by atoms with E-state index in [1.165, 1.54) is 19.2 Å². The average molecular weight is 257 g/mol. The van der Waals surface area contributed by atoms with Crippen molar-refractivity contribution in [3.8, 4) is 0 Å². The Labute approximate surface area is 106 Å². The van der Waals surface area contributed by atoms with Crippen molar-refractivity contribution < 1.29 is 5.11 Å². The first kappa shape index (κ1) is 12.4. The molecular formula is C11H17ClN4O. The van der Waals surface area contributed by atoms with Crippen LogP contribution in [0.5, 0.6) is 0 Å². The lowest BCUT2D eigenvalue weighted by Gasteiger charge is -2.24. The minimum atomic E-state index is 0.220. The maximum Gasteiger partial charge on any atom is 0.153 e. The van der Waals surface area contributed by atoms with Crippen molar-refractivity contribution in [3.63, 3.8) is 0 Å². The highest BCUT2D eigenvalue weighted by atomic mass is 35.5. The molecule has 1 saturated carbocycles. The molecular weight excluding hydrogens is 240 g/mol. The molecule has 0 amide bonds. The van der Waals surface area contributed by atoms with Crippen molar-refractivity contribution >= 4 is 23.2 Å². The lowest BCUT2D eigenvalue weighted by atomic mass is 10.3. The first-order chi connectivity index (χ1) is 8.24. The van der Waals surface area contributed by atoms with Crippen LogP contribution in [-0.4, -0.2) is 34.3 Å². The standard InChI is InChI=1S/C11H17ClN4O/c12-9-10(13)14-7-15-11(9)16(8-3-4-8)5-1-2-6-17/h7-8,17H,1-6H2,(H2,13,14,15). The van der Waals surface area contributed by atoms with Crippen molar-refractivity contribution in [2.75, 3.05) is 23.8 Å². The molecule has 1 aliphatic rings. The second kappa shape index (κ2) is 5.51. The molecule has 5 nitrogen and oxygen atoms in total. The molecule has 1 aromatic heterocycles. The van der Waals surface area contributed by atoms with Crippen LogP contribution in [0, 0.1) is 0 Å². The fourth-order valence-electron chi connectivity index (χ4n) is 1.82. The largest absolute Gasteiger partial charge is 0.396 e. The van der Waals surface area contributed by atoms with Crippen molar-refractivity contribution in [2.24, 2.45) is 0 Å². The highest BCUT2D eigenvalue weighted by Crippen LogP contribution is 2.35. The highest BCUT2D eigenvalue weighted by Gasteiger charge is 2.31. The van der Waals surface area contributed by atoms with Gasteiger partial charge in [-0.2, -0.15) is 0 Å². The van der Waals surface area contributed by atoms with Crippen LogP contribution in [0.15, 0.2) is 6.33 Å². The molecule has 0 radical (unpaired) electrons. The second-order valence-corrected chi connectivity index (χ2v) is 4.63. The summed E-state index contributed by atoms with van der Waals surface area (Å²) in [6, 6.07) is 0.514. The van der Waals surface area contributed by atoms with Gasteiger partial charge >= 0.3 is 0 Å². The van der Waals surface area contributed by atoms with Crippen molar-refractivity contribution in [1.29, 1.82) is 0 Å². The van der Waals surface area contributed by atoms with Crippen molar-refractivity contribution in [1.82, 2.24) is 9.97 Å². The van der Waals surface area contributed by atoms with E-state index in [1.807, 2.05) is 0 Å². The van der Waals surface area contributed by atoms with Gasteiger partial charge in [0.25, 0.3) is 0 Å². The highest BCUT2D eigenvalue weighted by molar-refractivity contribution is 6.35. The first-order valence-electron chi connectivity index (χ1n) is 5.87. The summed E-state index contributed by atoms with van der Waals surface area (Å²) >= 11 is 6.13. The van der Waals surface area contributed by atoms with Gasteiger partial charge in [0.1, 0.15) is 17.2 Å². The number of unbranched alkanes of at least 4 members (excludes halogenated alkanes) is 1. The fourth-order valence-corrected chi connectivity index (χ4v) is 2.02. The average Bonchev–Trinajstić information content (AvgIpc) is 3.13. The third-order valence-corrected chi connectivity index (χ3v) is 3.23. The SMILES string of the molecule is Nc1ncnc(N(CCCCO)C2CC2)c1Cl. The van der Waals surface area contributed by atoms with E-state index in [-0.39, 0.29) is 6.61 Å². The topological polar surface area (TPSA) is 75.3 Å². The Morgan fingerprint density at radius 2 is 2.18 bits per heavy atom. The van der Waals surface area contributed by atoms with Crippen molar-refractivity contribution in [3.05, 3.63) is 11.3 Å². The van der Waals surface area contributed by atoms with Crippen LogP contribution in [0.25, 0.3) is 0 Å². The van der Waals surface area contributed by atoms with Crippen LogP contribution in [-0.2, 0) is 0 Å². The summed E-state index contributed by atoms with van der Waals surface area (Å²) in [4.78, 5) is 10.3. The molecule has 94 valence electrons. The number of halogens is 1. The Hall–Kier alpha value is -1.07. The number of nitrogens with zero attached hydrogens (tertiary/aromatic N) is 3. The lowest BCUT2D eigenvalue weighted by molar-refractivity contribution is 0.285. The summed E-state index contributed by atoms with van der Waals surface area (Å²) in [5.74, 6) is 1.05. The molecule has 0 aromatic carbocycles. The van der Waals surface area contributed by atoms with E-state index >= 15 is 0 Å². The smallest absolute Gasteiger partial charge is 0.153 e. The summed E-state index contributed by atoms with van der Waals surface area (Å²) in [5, 5.41) is 9.25. The first-order valence-corrected chi connectivity index (χ1v) is 6.25. The number of anilines is 2. The summed E-state index contributed by atoms with van der Waals surface area (Å²) < 4.78 is 0. The third kappa shape index (κ3) is 2.98. The molecule has 17 heavy (non-hydrogen) atoms. The maximum atomic E-state index is 8.81. The monoisotopic (exact) mass is 256 g/mol. The van der Waals surface area contributed by atoms with Gasteiger partial charge in [-0.1, -0.05) is 11.6 Å². The molecule has 0 saturated heterocycles. The Balaban J connectivity index is 2.11. The zero-order chi connectivity index (χ0) is 12.3. The Bertz CT molecular complexity index is 384. The van der Waals surface area contributed by atoms with E-state index in [4.69, 9.17) is 22.4 Å². The zero-order valence-corrected chi connectivity index (χ0v) is 10.4. The second-order valence-electron chi connectivity index (χ2n) is 4.25. The number of aliphatic hydroxyl groups is 1. The number of hydrogen-bond donors (Lipinski definition) is 2. The molecule has 1 heterocycles. The predicted octanol–water partition coefficient (Wildman–Crippen LogP) is 1.45. The predicted molar refractivity (Wildman–Crippen MR) is 68.1 cm³/mol. The number of hydrogen-bond acceptors (Lipinski definition) is 5. The fraction of sp³-hybridized carbons (Fsp3) is 0.636. The molecule has 1 aliphatic carbocycles. The molecule has 0 spiro atoms. The molecule has 0 unspecified atom stereocenters. The third-order valence-electron chi connectivity index (χ3n) is 2.86. The normalized spacial score (nSPS) is 14.9. The number of nitrogen functional groups attached to an aromatic ring is 1. The Kier molecular flexibility index (Phi) is 4.02. The summed E-state index contributed by atoms with van der Waals surface area (Å²) in [6.07, 6.45) is 5.49. The molecule has 0 atom stereocenters. The molecule has 0 bridgehead atoms. The zero-order valence-electron chi connectivity index (χ0n) is 9.64. The van der Waals surface area contributed by atoms with Crippen LogP contribution in [0.4, 0.5) is 11.6 Å². The molecule has 1 fully saturated rings. The van der Waals surface area contributed by atoms with Gasteiger partial charge in [0.2, 0.25) is 0 Å². The van der Waals surface area contributed by atoms with Gasteiger partial charge in [0.05, 0.1) is 0 Å². The van der Waals surface area contributed by atoms with Crippen LogP contribution >= 0.6 is 11.6 Å². The van der Waals surface area contributed by atoms with E-state index < -0.39 is 0 Å². The van der Waals surface area contributed by atoms with Crippen LogP contribution in [0.2, 0.25) is 5.02 Å². The Morgan fingerprint density at radius 3 is 2.82 bits per heavy atom.